The second-order valence-electron chi connectivity index (χ2n) is 9.69. The van der Waals surface area contributed by atoms with Gasteiger partial charge < -0.3 is 10.5 Å². The van der Waals surface area contributed by atoms with E-state index in [2.05, 4.69) is 53.7 Å². The highest BCUT2D eigenvalue weighted by Crippen LogP contribution is 2.41. The van der Waals surface area contributed by atoms with Crippen LogP contribution in [0.5, 0.6) is 5.75 Å². The fourth-order valence-electron chi connectivity index (χ4n) is 3.69. The van der Waals surface area contributed by atoms with Crippen molar-refractivity contribution in [3.63, 3.8) is 0 Å². The van der Waals surface area contributed by atoms with Gasteiger partial charge >= 0.3 is 0 Å². The van der Waals surface area contributed by atoms with E-state index in [4.69, 9.17) is 22.1 Å². The summed E-state index contributed by atoms with van der Waals surface area (Å²) in [5.74, 6) is 1.56. The Kier molecular flexibility index (Phi) is 8.32. The maximum Gasteiger partial charge on any atom is 0.141 e. The molecule has 0 aliphatic heterocycles. The average molecular weight is 402 g/mol. The van der Waals surface area contributed by atoms with E-state index in [9.17, 15) is 0 Å². The van der Waals surface area contributed by atoms with E-state index in [0.29, 0.717) is 5.92 Å². The lowest BCUT2D eigenvalue weighted by Crippen LogP contribution is -2.26. The molecule has 1 aliphatic carbocycles. The van der Waals surface area contributed by atoms with Crippen LogP contribution in [0.1, 0.15) is 78.4 Å². The van der Waals surface area contributed by atoms with Crippen LogP contribution in [0.4, 0.5) is 0 Å². The first-order chi connectivity index (χ1) is 11.5. The van der Waals surface area contributed by atoms with Gasteiger partial charge in [0.1, 0.15) is 5.75 Å². The molecule has 0 saturated heterocycles. The highest BCUT2D eigenvalue weighted by atomic mass is 35.5. The van der Waals surface area contributed by atoms with Crippen molar-refractivity contribution in [3.8, 4) is 5.75 Å². The molecule has 1 aromatic carbocycles. The van der Waals surface area contributed by atoms with Crippen molar-refractivity contribution in [2.75, 3.05) is 6.61 Å². The normalized spacial score (nSPS) is 16.2. The van der Waals surface area contributed by atoms with Gasteiger partial charge in [0.05, 0.1) is 11.6 Å². The van der Waals surface area contributed by atoms with Gasteiger partial charge in [0, 0.05) is 6.04 Å². The van der Waals surface area contributed by atoms with Crippen LogP contribution in [-0.2, 0) is 11.8 Å². The van der Waals surface area contributed by atoms with E-state index >= 15 is 0 Å². The molecule has 0 bridgehead atoms. The first-order valence-corrected chi connectivity index (χ1v) is 10.1. The van der Waals surface area contributed by atoms with Crippen molar-refractivity contribution in [3.05, 3.63) is 28.3 Å². The lowest BCUT2D eigenvalue weighted by atomic mass is 9.72. The predicted molar refractivity (Wildman–Crippen MR) is 116 cm³/mol. The van der Waals surface area contributed by atoms with Crippen molar-refractivity contribution in [2.45, 2.75) is 85.1 Å². The number of hydrogen-bond donors (Lipinski definition) is 1. The zero-order valence-corrected chi connectivity index (χ0v) is 18.9. The summed E-state index contributed by atoms with van der Waals surface area (Å²) in [6.07, 6.45) is 5.42. The van der Waals surface area contributed by atoms with Gasteiger partial charge in [-0.25, -0.2) is 0 Å². The third kappa shape index (κ3) is 6.94. The number of rotatable bonds is 8. The third-order valence-electron chi connectivity index (χ3n) is 5.04. The second-order valence-corrected chi connectivity index (χ2v) is 10.1. The lowest BCUT2D eigenvalue weighted by molar-refractivity contribution is 0.282. The quantitative estimate of drug-likeness (QED) is 0.535. The van der Waals surface area contributed by atoms with Crippen LogP contribution in [0.25, 0.3) is 0 Å². The fourth-order valence-corrected chi connectivity index (χ4v) is 3.99. The third-order valence-corrected chi connectivity index (χ3v) is 5.32. The topological polar surface area (TPSA) is 35.2 Å². The van der Waals surface area contributed by atoms with E-state index in [-0.39, 0.29) is 29.3 Å². The predicted octanol–water partition coefficient (Wildman–Crippen LogP) is 6.54. The first kappa shape index (κ1) is 23.6. The molecule has 26 heavy (non-hydrogen) atoms. The van der Waals surface area contributed by atoms with E-state index in [0.717, 1.165) is 36.6 Å². The molecule has 1 aromatic rings. The van der Waals surface area contributed by atoms with Crippen molar-refractivity contribution >= 4 is 24.0 Å². The number of nitrogens with two attached hydrogens (primary N) is 1. The lowest BCUT2D eigenvalue weighted by Gasteiger charge is -2.34. The molecule has 1 aliphatic rings. The second kappa shape index (κ2) is 9.17. The molecule has 0 aromatic heterocycles. The standard InChI is InChI=1S/C22H36ClNO.ClH/c1-7-18(24)11-16-10-17(22(5,6)14-21(2,3)4)12-19(23)20(16)25-13-15-8-9-15;/h10,12,15,18H,7-9,11,13-14,24H2,1-6H3;1H. The number of ether oxygens (including phenoxy) is 1. The Bertz CT molecular complexity index is 589. The molecule has 1 unspecified atom stereocenters. The molecule has 0 radical (unpaired) electrons. The number of benzene rings is 1. The van der Waals surface area contributed by atoms with Gasteiger partial charge in [0.2, 0.25) is 0 Å². The molecule has 2 nitrogen and oxygen atoms in total. The summed E-state index contributed by atoms with van der Waals surface area (Å²) in [6.45, 7) is 14.4. The Morgan fingerprint density at radius 2 is 1.81 bits per heavy atom. The zero-order chi connectivity index (χ0) is 18.8. The van der Waals surface area contributed by atoms with Gasteiger partial charge in [0.15, 0.2) is 0 Å². The van der Waals surface area contributed by atoms with Crippen LogP contribution in [0.2, 0.25) is 5.02 Å². The van der Waals surface area contributed by atoms with E-state index in [1.807, 2.05) is 0 Å². The molecule has 1 atom stereocenters. The summed E-state index contributed by atoms with van der Waals surface area (Å²) in [7, 11) is 0. The fraction of sp³-hybridized carbons (Fsp3) is 0.727. The Balaban J connectivity index is 0.00000338. The summed E-state index contributed by atoms with van der Waals surface area (Å²) in [6, 6.07) is 4.53. The van der Waals surface area contributed by atoms with E-state index in [1.165, 1.54) is 24.0 Å². The Morgan fingerprint density at radius 1 is 1.19 bits per heavy atom. The van der Waals surface area contributed by atoms with Gasteiger partial charge in [-0.15, -0.1) is 12.4 Å². The Labute approximate surface area is 171 Å². The van der Waals surface area contributed by atoms with Crippen molar-refractivity contribution in [1.29, 1.82) is 0 Å². The van der Waals surface area contributed by atoms with Crippen LogP contribution >= 0.6 is 24.0 Å². The highest BCUT2D eigenvalue weighted by Gasteiger charge is 2.29. The maximum absolute atomic E-state index is 6.68. The highest BCUT2D eigenvalue weighted by molar-refractivity contribution is 6.32. The SMILES string of the molecule is CCC(N)Cc1cc(C(C)(C)CC(C)(C)C)cc(Cl)c1OCC1CC1.Cl. The number of halogens is 2. The minimum atomic E-state index is 0. The summed E-state index contributed by atoms with van der Waals surface area (Å²) < 4.78 is 6.12. The van der Waals surface area contributed by atoms with Gasteiger partial charge in [-0.1, -0.05) is 59.2 Å². The van der Waals surface area contributed by atoms with Crippen LogP contribution in [0.3, 0.4) is 0 Å². The molecule has 1 saturated carbocycles. The average Bonchev–Trinajstić information content (AvgIpc) is 3.27. The van der Waals surface area contributed by atoms with Gasteiger partial charge in [0.25, 0.3) is 0 Å². The maximum atomic E-state index is 6.68. The molecule has 0 heterocycles. The largest absolute Gasteiger partial charge is 0.491 e. The first-order valence-electron chi connectivity index (χ1n) is 9.73. The minimum absolute atomic E-state index is 0. The number of hydrogen-bond acceptors (Lipinski definition) is 2. The Morgan fingerprint density at radius 3 is 2.31 bits per heavy atom. The molecule has 0 spiro atoms. The summed E-state index contributed by atoms with van der Waals surface area (Å²) in [4.78, 5) is 0. The summed E-state index contributed by atoms with van der Waals surface area (Å²) in [5.41, 5.74) is 9.02. The Hall–Kier alpha value is -0.440. The zero-order valence-electron chi connectivity index (χ0n) is 17.3. The molecular weight excluding hydrogens is 365 g/mol. The molecule has 150 valence electrons. The van der Waals surface area contributed by atoms with Gasteiger partial charge in [-0.3, -0.25) is 0 Å². The van der Waals surface area contributed by atoms with Crippen molar-refractivity contribution < 1.29 is 4.74 Å². The molecule has 2 rings (SSSR count). The monoisotopic (exact) mass is 401 g/mol. The molecular formula is C22H37Cl2NO. The van der Waals surface area contributed by atoms with Crippen molar-refractivity contribution in [1.82, 2.24) is 0 Å². The van der Waals surface area contributed by atoms with Crippen LogP contribution in [0.15, 0.2) is 12.1 Å². The molecule has 1 fully saturated rings. The van der Waals surface area contributed by atoms with Crippen molar-refractivity contribution in [2.24, 2.45) is 17.1 Å². The summed E-state index contributed by atoms with van der Waals surface area (Å²) in [5, 5.41) is 0.735. The molecule has 2 N–H and O–H groups in total. The smallest absolute Gasteiger partial charge is 0.141 e. The van der Waals surface area contributed by atoms with Crippen LogP contribution < -0.4 is 10.5 Å². The van der Waals surface area contributed by atoms with Crippen LogP contribution in [-0.4, -0.2) is 12.6 Å². The van der Waals surface area contributed by atoms with Gasteiger partial charge in [-0.2, -0.15) is 0 Å². The minimum Gasteiger partial charge on any atom is -0.491 e. The summed E-state index contributed by atoms with van der Waals surface area (Å²) >= 11 is 6.68. The van der Waals surface area contributed by atoms with E-state index in [1.54, 1.807) is 0 Å². The molecule has 4 heteroatoms. The van der Waals surface area contributed by atoms with Gasteiger partial charge in [-0.05, 0) is 66.0 Å². The van der Waals surface area contributed by atoms with Crippen LogP contribution in [0, 0.1) is 11.3 Å². The molecule has 0 amide bonds. The van der Waals surface area contributed by atoms with E-state index < -0.39 is 0 Å².